The highest BCUT2D eigenvalue weighted by molar-refractivity contribution is 7.99. The van der Waals surface area contributed by atoms with E-state index < -0.39 is 15.6 Å². The molecule has 2 rings (SSSR count). The van der Waals surface area contributed by atoms with Crippen LogP contribution in [0, 0.1) is 0 Å². The molecule has 1 aliphatic rings. The van der Waals surface area contributed by atoms with Gasteiger partial charge >= 0.3 is 0 Å². The number of hydrogen-bond donors (Lipinski definition) is 2. The summed E-state index contributed by atoms with van der Waals surface area (Å²) >= 11 is 5.85. The van der Waals surface area contributed by atoms with E-state index in [-0.39, 0.29) is 0 Å². The summed E-state index contributed by atoms with van der Waals surface area (Å²) in [5.74, 6) is 0. The number of nitrogens with one attached hydrogen (secondary N) is 2. The first-order chi connectivity index (χ1) is 8.78. The van der Waals surface area contributed by atoms with Crippen LogP contribution in [-0.4, -0.2) is 27.5 Å². The number of likely N-dealkylation sites (N-methyl/N-ethyl adjacent to an activating group) is 1. The fourth-order valence-electron chi connectivity index (χ4n) is 2.30. The Morgan fingerprint density at radius 1 is 1.26 bits per heavy atom. The van der Waals surface area contributed by atoms with E-state index in [2.05, 4.69) is 10.0 Å². The minimum absolute atomic E-state index is 0.350. The van der Waals surface area contributed by atoms with Crippen LogP contribution in [0.25, 0.3) is 4.91 Å². The van der Waals surface area contributed by atoms with E-state index in [0.29, 0.717) is 22.0 Å². The van der Waals surface area contributed by atoms with Crippen LogP contribution in [0.1, 0.15) is 19.4 Å². The van der Waals surface area contributed by atoms with E-state index in [1.54, 1.807) is 31.3 Å². The fraction of sp³-hybridized carbons (Fsp3) is 0.385. The zero-order valence-corrected chi connectivity index (χ0v) is 12.7. The summed E-state index contributed by atoms with van der Waals surface area (Å²) in [7, 11) is -1.69. The van der Waals surface area contributed by atoms with Gasteiger partial charge in [0.25, 0.3) is 0 Å². The van der Waals surface area contributed by atoms with Gasteiger partial charge < -0.3 is 5.32 Å². The molecule has 0 aliphatic carbocycles. The van der Waals surface area contributed by atoms with Crippen molar-refractivity contribution in [3.63, 3.8) is 0 Å². The van der Waals surface area contributed by atoms with Gasteiger partial charge in [0.15, 0.2) is 0 Å². The third-order valence-corrected chi connectivity index (χ3v) is 5.20. The van der Waals surface area contributed by atoms with Gasteiger partial charge in [0.2, 0.25) is 10.0 Å². The van der Waals surface area contributed by atoms with Crippen LogP contribution in [0.4, 0.5) is 0 Å². The molecule has 0 atom stereocenters. The predicted molar refractivity (Wildman–Crippen MR) is 78.4 cm³/mol. The highest BCUT2D eigenvalue weighted by atomic mass is 35.5. The monoisotopic (exact) mass is 300 g/mol. The SMILES string of the molecule is CNCC1=C(c2ccc(Cl)cc2)S(=O)(=O)NC1(C)C. The molecule has 19 heavy (non-hydrogen) atoms. The lowest BCUT2D eigenvalue weighted by atomic mass is 9.93. The van der Waals surface area contributed by atoms with Crippen molar-refractivity contribution in [3.05, 3.63) is 40.4 Å². The van der Waals surface area contributed by atoms with Crippen molar-refractivity contribution >= 4 is 26.5 Å². The van der Waals surface area contributed by atoms with E-state index in [1.807, 2.05) is 13.8 Å². The average Bonchev–Trinajstić information content (AvgIpc) is 2.46. The van der Waals surface area contributed by atoms with Crippen LogP contribution in [0.15, 0.2) is 29.8 Å². The van der Waals surface area contributed by atoms with Crippen molar-refractivity contribution in [1.29, 1.82) is 0 Å². The summed E-state index contributed by atoms with van der Waals surface area (Å²) in [4.78, 5) is 0.350. The molecule has 0 unspecified atom stereocenters. The summed E-state index contributed by atoms with van der Waals surface area (Å²) in [6, 6.07) is 6.85. The van der Waals surface area contributed by atoms with Gasteiger partial charge in [0.1, 0.15) is 0 Å². The van der Waals surface area contributed by atoms with Crippen LogP contribution in [-0.2, 0) is 10.0 Å². The Balaban J connectivity index is 2.65. The first kappa shape index (κ1) is 14.5. The molecule has 1 aliphatic heterocycles. The Kier molecular flexibility index (Phi) is 3.75. The number of rotatable bonds is 3. The van der Waals surface area contributed by atoms with Crippen molar-refractivity contribution < 1.29 is 8.42 Å². The molecule has 4 nitrogen and oxygen atoms in total. The molecule has 0 bridgehead atoms. The average molecular weight is 301 g/mol. The molecule has 0 fully saturated rings. The third-order valence-electron chi connectivity index (χ3n) is 3.15. The summed E-state index contributed by atoms with van der Waals surface area (Å²) in [5.41, 5.74) is 0.904. The third kappa shape index (κ3) is 2.69. The first-order valence-electron chi connectivity index (χ1n) is 5.96. The molecule has 1 heterocycles. The van der Waals surface area contributed by atoms with Gasteiger partial charge in [-0.1, -0.05) is 23.7 Å². The van der Waals surface area contributed by atoms with Crippen molar-refractivity contribution in [1.82, 2.24) is 10.0 Å². The van der Waals surface area contributed by atoms with E-state index in [1.165, 1.54) is 0 Å². The van der Waals surface area contributed by atoms with Crippen molar-refractivity contribution in [2.24, 2.45) is 0 Å². The molecular formula is C13H17ClN2O2S. The van der Waals surface area contributed by atoms with Gasteiger partial charge in [-0.2, -0.15) is 0 Å². The molecule has 0 saturated heterocycles. The minimum atomic E-state index is -3.49. The van der Waals surface area contributed by atoms with Crippen LogP contribution in [0.5, 0.6) is 0 Å². The van der Waals surface area contributed by atoms with Crippen molar-refractivity contribution in [2.75, 3.05) is 13.6 Å². The molecule has 2 N–H and O–H groups in total. The van der Waals surface area contributed by atoms with Gasteiger partial charge in [-0.05, 0) is 44.2 Å². The lowest BCUT2D eigenvalue weighted by Crippen LogP contribution is -2.40. The number of hydrogen-bond acceptors (Lipinski definition) is 3. The maximum atomic E-state index is 12.3. The largest absolute Gasteiger partial charge is 0.316 e. The standard InChI is InChI=1S/C13H17ClN2O2S/c1-13(2)11(8-15-3)12(19(17,18)16-13)9-4-6-10(14)7-5-9/h4-7,15-16H,8H2,1-3H3. The van der Waals surface area contributed by atoms with Gasteiger partial charge in [-0.3, -0.25) is 0 Å². The van der Waals surface area contributed by atoms with Gasteiger partial charge in [-0.25, -0.2) is 13.1 Å². The van der Waals surface area contributed by atoms with Crippen LogP contribution in [0.3, 0.4) is 0 Å². The van der Waals surface area contributed by atoms with Gasteiger partial charge in [0, 0.05) is 11.6 Å². The topological polar surface area (TPSA) is 58.2 Å². The van der Waals surface area contributed by atoms with Gasteiger partial charge in [0.05, 0.1) is 10.4 Å². The van der Waals surface area contributed by atoms with Crippen LogP contribution >= 0.6 is 11.6 Å². The lowest BCUT2D eigenvalue weighted by molar-refractivity contribution is 0.523. The Labute approximate surface area is 118 Å². The fourth-order valence-corrected chi connectivity index (χ4v) is 4.42. The van der Waals surface area contributed by atoms with E-state index >= 15 is 0 Å². The zero-order chi connectivity index (χ0) is 14.3. The maximum absolute atomic E-state index is 12.3. The highest BCUT2D eigenvalue weighted by Gasteiger charge is 2.42. The molecule has 0 amide bonds. The zero-order valence-electron chi connectivity index (χ0n) is 11.1. The molecule has 6 heteroatoms. The second-order valence-electron chi connectivity index (χ2n) is 5.08. The summed E-state index contributed by atoms with van der Waals surface area (Å²) in [6.07, 6.45) is 0. The molecule has 0 spiro atoms. The predicted octanol–water partition coefficient (Wildman–Crippen LogP) is 1.98. The molecule has 0 aromatic heterocycles. The first-order valence-corrected chi connectivity index (χ1v) is 7.82. The van der Waals surface area contributed by atoms with E-state index in [0.717, 1.165) is 5.57 Å². The molecule has 104 valence electrons. The normalized spacial score (nSPS) is 20.8. The van der Waals surface area contributed by atoms with Crippen molar-refractivity contribution in [3.8, 4) is 0 Å². The number of benzene rings is 1. The van der Waals surface area contributed by atoms with Crippen LogP contribution in [0.2, 0.25) is 5.02 Å². The minimum Gasteiger partial charge on any atom is -0.316 e. The molecule has 1 aromatic rings. The second-order valence-corrected chi connectivity index (χ2v) is 7.13. The summed E-state index contributed by atoms with van der Waals surface area (Å²) in [6.45, 7) is 4.23. The smallest absolute Gasteiger partial charge is 0.242 e. The quantitative estimate of drug-likeness (QED) is 0.897. The molecule has 1 aromatic carbocycles. The van der Waals surface area contributed by atoms with E-state index in [9.17, 15) is 8.42 Å². The van der Waals surface area contributed by atoms with E-state index in [4.69, 9.17) is 11.6 Å². The van der Waals surface area contributed by atoms with Crippen LogP contribution < -0.4 is 10.0 Å². The summed E-state index contributed by atoms with van der Waals surface area (Å²) in [5, 5.41) is 3.61. The Hall–Kier alpha value is -0.880. The van der Waals surface area contributed by atoms with Crippen molar-refractivity contribution in [2.45, 2.75) is 19.4 Å². The maximum Gasteiger partial charge on any atom is 0.242 e. The molecule has 0 radical (unpaired) electrons. The lowest BCUT2D eigenvalue weighted by Gasteiger charge is -2.21. The second kappa shape index (κ2) is 4.90. The Morgan fingerprint density at radius 2 is 1.84 bits per heavy atom. The highest BCUT2D eigenvalue weighted by Crippen LogP contribution is 2.37. The summed E-state index contributed by atoms with van der Waals surface area (Å²) < 4.78 is 27.3. The Morgan fingerprint density at radius 3 is 2.37 bits per heavy atom. The number of halogens is 1. The Bertz CT molecular complexity index is 619. The number of sulfonamides is 1. The van der Waals surface area contributed by atoms with Gasteiger partial charge in [-0.15, -0.1) is 0 Å². The molecule has 0 saturated carbocycles. The molecular weight excluding hydrogens is 284 g/mol.